The molecule has 0 aliphatic heterocycles. The fourth-order valence-electron chi connectivity index (χ4n) is 6.60. The van der Waals surface area contributed by atoms with Gasteiger partial charge in [-0.15, -0.1) is 0 Å². The van der Waals surface area contributed by atoms with Gasteiger partial charge in [0.25, 0.3) is 0 Å². The molecule has 40 heavy (non-hydrogen) atoms. The summed E-state index contributed by atoms with van der Waals surface area (Å²) in [6.07, 6.45) is 7.99. The summed E-state index contributed by atoms with van der Waals surface area (Å²) in [5.74, 6) is 0. The molecule has 3 heteroatoms. The monoisotopic (exact) mass is 649 g/mol. The van der Waals surface area contributed by atoms with Crippen LogP contribution in [0, 0.1) is 5.41 Å². The Bertz CT molecular complexity index is 964. The number of hydrogen-bond donors (Lipinski definition) is 1. The molecule has 0 aliphatic carbocycles. The number of rotatable bonds is 18. The van der Waals surface area contributed by atoms with Crippen LogP contribution < -0.4 is 5.73 Å². The standard InChI is InChI=1S/C25H28NO.3C4H9.Sn/c1-24(2,19-27-3)23(26)25(20-13-7-4-8-14-20,21-15-9-5-10-16-21)22-17-11-6-12-18-22;3*1-3-4-2;/h4-18,23H,3,19,26H2,1-2H3;3*1,3-4H2,2H3;. The van der Waals surface area contributed by atoms with Crippen molar-refractivity contribution in [2.75, 3.05) is 11.2 Å². The molecule has 218 valence electrons. The van der Waals surface area contributed by atoms with Gasteiger partial charge in [0, 0.05) is 0 Å². The van der Waals surface area contributed by atoms with Gasteiger partial charge in [-0.05, 0) is 0 Å². The average molecular weight is 649 g/mol. The number of hydrogen-bond acceptors (Lipinski definition) is 2. The summed E-state index contributed by atoms with van der Waals surface area (Å²) in [6, 6.07) is 32.4. The van der Waals surface area contributed by atoms with E-state index < -0.39 is 23.8 Å². The van der Waals surface area contributed by atoms with Gasteiger partial charge in [0.05, 0.1) is 0 Å². The summed E-state index contributed by atoms with van der Waals surface area (Å²) in [4.78, 5) is 0. The second-order valence-electron chi connectivity index (χ2n) is 12.7. The molecular formula is C37H55NOSn. The molecule has 0 saturated heterocycles. The summed E-state index contributed by atoms with van der Waals surface area (Å²) in [6.45, 7) is 12.4. The normalized spacial score (nSPS) is 13.3. The molecule has 0 bridgehead atoms. The van der Waals surface area contributed by atoms with E-state index in [-0.39, 0.29) is 11.5 Å². The molecule has 0 fully saturated rings. The predicted octanol–water partition coefficient (Wildman–Crippen LogP) is 9.78. The van der Waals surface area contributed by atoms with Gasteiger partial charge in [-0.1, -0.05) is 0 Å². The van der Waals surface area contributed by atoms with E-state index in [0.717, 1.165) is 4.62 Å². The molecule has 0 amide bonds. The molecule has 3 aromatic rings. The van der Waals surface area contributed by atoms with Crippen molar-refractivity contribution in [2.45, 2.75) is 97.9 Å². The Morgan fingerprint density at radius 1 is 0.625 bits per heavy atom. The Hall–Kier alpha value is -1.62. The van der Waals surface area contributed by atoms with E-state index in [0.29, 0.717) is 6.61 Å². The first kappa shape index (κ1) is 32.9. The molecule has 2 N–H and O–H groups in total. The van der Waals surface area contributed by atoms with Crippen molar-refractivity contribution in [3.63, 3.8) is 0 Å². The van der Waals surface area contributed by atoms with Crippen molar-refractivity contribution in [2.24, 2.45) is 11.1 Å². The van der Waals surface area contributed by atoms with Crippen molar-refractivity contribution in [3.8, 4) is 0 Å². The molecule has 0 saturated carbocycles. The predicted molar refractivity (Wildman–Crippen MR) is 177 cm³/mol. The zero-order valence-electron chi connectivity index (χ0n) is 26.0. The molecule has 0 heterocycles. The van der Waals surface area contributed by atoms with Crippen molar-refractivity contribution in [1.82, 2.24) is 0 Å². The maximum atomic E-state index is 7.55. The minimum atomic E-state index is -2.40. The van der Waals surface area contributed by atoms with Crippen LogP contribution in [-0.2, 0) is 10.2 Å². The van der Waals surface area contributed by atoms with E-state index in [1.807, 2.05) is 0 Å². The van der Waals surface area contributed by atoms with Crippen LogP contribution >= 0.6 is 0 Å². The van der Waals surface area contributed by atoms with Crippen LogP contribution in [0.15, 0.2) is 91.0 Å². The molecule has 3 rings (SSSR count). The molecule has 0 spiro atoms. The molecule has 1 atom stereocenters. The minimum absolute atomic E-state index is 0.196. The first-order valence-electron chi connectivity index (χ1n) is 15.9. The second-order valence-corrected chi connectivity index (χ2v) is 26.3. The van der Waals surface area contributed by atoms with Crippen molar-refractivity contribution >= 4 is 18.4 Å². The second kappa shape index (κ2) is 16.1. The van der Waals surface area contributed by atoms with Gasteiger partial charge in [-0.2, -0.15) is 0 Å². The molecule has 0 aromatic heterocycles. The Labute approximate surface area is 250 Å². The third-order valence-corrected chi connectivity index (χ3v) is 23.5. The van der Waals surface area contributed by atoms with Gasteiger partial charge in [0.15, 0.2) is 0 Å². The Balaban J connectivity index is 1.99. The van der Waals surface area contributed by atoms with Gasteiger partial charge in [-0.25, -0.2) is 0 Å². The van der Waals surface area contributed by atoms with Crippen LogP contribution in [0.4, 0.5) is 0 Å². The van der Waals surface area contributed by atoms with E-state index in [2.05, 4.69) is 126 Å². The van der Waals surface area contributed by atoms with E-state index in [9.17, 15) is 0 Å². The summed E-state index contributed by atoms with van der Waals surface area (Å²) in [5.41, 5.74) is 10.5. The fourth-order valence-corrected chi connectivity index (χ4v) is 20.9. The Morgan fingerprint density at radius 2 is 0.975 bits per heavy atom. The van der Waals surface area contributed by atoms with Crippen molar-refractivity contribution in [1.29, 1.82) is 0 Å². The molecule has 2 nitrogen and oxygen atoms in total. The van der Waals surface area contributed by atoms with Crippen molar-refractivity contribution in [3.05, 3.63) is 108 Å². The average Bonchev–Trinajstić information content (AvgIpc) is 2.99. The Kier molecular flexibility index (Phi) is 13.3. The van der Waals surface area contributed by atoms with Crippen LogP contribution in [0.3, 0.4) is 0 Å². The molecule has 1 unspecified atom stereocenters. The third-order valence-electron chi connectivity index (χ3n) is 9.06. The van der Waals surface area contributed by atoms with Crippen LogP contribution in [0.2, 0.25) is 13.3 Å². The SMILES string of the molecule is CCC[CH2][Sn]([CH2]CCC)([CH2]CCC)[CH2]OCC(C)(C)C(N)C(c1ccccc1)(c1ccccc1)c1ccccc1. The van der Waals surface area contributed by atoms with Crippen LogP contribution in [0.25, 0.3) is 0 Å². The number of nitrogens with two attached hydrogens (primary N) is 1. The summed E-state index contributed by atoms with van der Waals surface area (Å²) in [7, 11) is 0. The van der Waals surface area contributed by atoms with Gasteiger partial charge < -0.3 is 0 Å². The zero-order chi connectivity index (χ0) is 28.9. The number of unbranched alkanes of at least 4 members (excludes halogenated alkanes) is 3. The molecule has 3 aromatic carbocycles. The first-order chi connectivity index (χ1) is 19.4. The van der Waals surface area contributed by atoms with Gasteiger partial charge >= 0.3 is 251 Å². The van der Waals surface area contributed by atoms with Crippen LogP contribution in [0.1, 0.15) is 89.8 Å². The van der Waals surface area contributed by atoms with Crippen molar-refractivity contribution < 1.29 is 4.74 Å². The number of benzene rings is 3. The van der Waals surface area contributed by atoms with E-state index in [1.165, 1.54) is 68.5 Å². The number of ether oxygens (including phenoxy) is 1. The van der Waals surface area contributed by atoms with E-state index in [4.69, 9.17) is 10.5 Å². The first-order valence-corrected chi connectivity index (χ1v) is 23.9. The topological polar surface area (TPSA) is 35.2 Å². The molecule has 0 radical (unpaired) electrons. The summed E-state index contributed by atoms with van der Waals surface area (Å²) >= 11 is -2.40. The van der Waals surface area contributed by atoms with Crippen LogP contribution in [-0.4, -0.2) is 35.6 Å². The van der Waals surface area contributed by atoms with Crippen LogP contribution in [0.5, 0.6) is 0 Å². The maximum absolute atomic E-state index is 7.55. The molecule has 0 aliphatic rings. The van der Waals surface area contributed by atoms with Gasteiger partial charge in [0.2, 0.25) is 0 Å². The van der Waals surface area contributed by atoms with E-state index in [1.54, 1.807) is 0 Å². The third kappa shape index (κ3) is 8.01. The van der Waals surface area contributed by atoms with Gasteiger partial charge in [-0.3, -0.25) is 0 Å². The van der Waals surface area contributed by atoms with Gasteiger partial charge in [0.1, 0.15) is 0 Å². The summed E-state index contributed by atoms with van der Waals surface area (Å²) < 4.78 is 12.3. The van der Waals surface area contributed by atoms with E-state index >= 15 is 0 Å². The fraction of sp³-hybridized carbons (Fsp3) is 0.514. The molecular weight excluding hydrogens is 593 g/mol. The Morgan fingerprint density at radius 3 is 1.30 bits per heavy atom. The summed E-state index contributed by atoms with van der Waals surface area (Å²) in [5, 5.41) is 0. The zero-order valence-corrected chi connectivity index (χ0v) is 28.9. The quantitative estimate of drug-likeness (QED) is 0.110.